The lowest BCUT2D eigenvalue weighted by molar-refractivity contribution is -0.769. The fourth-order valence-electron chi connectivity index (χ4n) is 0.694. The Morgan fingerprint density at radius 3 is 2.64 bits per heavy atom. The van der Waals surface area contributed by atoms with Crippen molar-refractivity contribution in [3.63, 3.8) is 0 Å². The van der Waals surface area contributed by atoms with Crippen molar-refractivity contribution in [2.24, 2.45) is 0 Å². The molecule has 0 heterocycles. The Kier molecular flexibility index (Phi) is 6.33. The van der Waals surface area contributed by atoms with Gasteiger partial charge < -0.3 is 19.4 Å². The van der Waals surface area contributed by atoms with Crippen LogP contribution in [0.1, 0.15) is 0 Å². The van der Waals surface area contributed by atoms with Crippen LogP contribution in [0.5, 0.6) is 0 Å². The van der Waals surface area contributed by atoms with E-state index in [1.807, 2.05) is 0 Å². The monoisotopic (exact) mass is 209 g/mol. The number of methoxy groups -OCH3 is 1. The second-order valence-corrected chi connectivity index (χ2v) is 2.32. The van der Waals surface area contributed by atoms with Crippen LogP contribution in [0.3, 0.4) is 0 Å². The highest BCUT2D eigenvalue weighted by Crippen LogP contribution is 1.94. The number of hydrogen-bond donors (Lipinski definition) is 1. The normalized spacial score (nSPS) is 12.1. The summed E-state index contributed by atoms with van der Waals surface area (Å²) >= 11 is 0. The molecule has 0 aliphatic carbocycles. The van der Waals surface area contributed by atoms with Gasteiger partial charge in [0.1, 0.15) is 6.61 Å². The van der Waals surface area contributed by atoms with Crippen LogP contribution in [-0.2, 0) is 19.1 Å². The summed E-state index contributed by atoms with van der Waals surface area (Å²) in [6.45, 7) is -0.775. The first-order chi connectivity index (χ1) is 6.56. The van der Waals surface area contributed by atoms with Gasteiger partial charge in [0, 0.05) is 7.11 Å². The average Bonchev–Trinajstić information content (AvgIpc) is 2.02. The molecule has 1 N–H and O–H groups in total. The molecule has 0 saturated heterocycles. The molecule has 0 aliphatic rings. The number of carboxylic acid groups (broad SMARTS) is 1. The second kappa shape index (κ2) is 7.04. The van der Waals surface area contributed by atoms with Crippen LogP contribution in [0.15, 0.2) is 0 Å². The van der Waals surface area contributed by atoms with E-state index in [1.165, 1.54) is 7.11 Å². The zero-order valence-electron chi connectivity index (χ0n) is 7.54. The van der Waals surface area contributed by atoms with E-state index in [9.17, 15) is 14.9 Å². The van der Waals surface area contributed by atoms with Crippen molar-refractivity contribution in [3.05, 3.63) is 10.1 Å². The number of rotatable bonds is 8. The summed E-state index contributed by atoms with van der Waals surface area (Å²) in [6, 6.07) is 0. The summed E-state index contributed by atoms with van der Waals surface area (Å²) in [5, 5.41) is 17.2. The number of carbonyl (C=O) groups is 1. The Bertz CT molecular complexity index is 195. The number of carboxylic acids is 1. The van der Waals surface area contributed by atoms with Crippen LogP contribution < -0.4 is 0 Å². The van der Waals surface area contributed by atoms with Gasteiger partial charge in [-0.2, -0.15) is 0 Å². The van der Waals surface area contributed by atoms with Gasteiger partial charge in [0.2, 0.25) is 0 Å². The molecule has 8 heteroatoms. The largest absolute Gasteiger partial charge is 0.480 e. The molecule has 0 fully saturated rings. The van der Waals surface area contributed by atoms with Gasteiger partial charge in [0.15, 0.2) is 6.10 Å². The Hall–Kier alpha value is -1.41. The SMILES string of the molecule is COC[C@H](COCC(=O)O)O[N+](=O)[O-]. The number of hydrogen-bond acceptors (Lipinski definition) is 6. The molecule has 0 unspecified atom stereocenters. The number of nitrogens with zero attached hydrogens (tertiary/aromatic N) is 1. The molecule has 14 heavy (non-hydrogen) atoms. The van der Waals surface area contributed by atoms with Gasteiger partial charge in [-0.05, 0) is 0 Å². The molecule has 0 amide bonds. The minimum atomic E-state index is -1.15. The summed E-state index contributed by atoms with van der Waals surface area (Å²) < 4.78 is 9.21. The zero-order valence-corrected chi connectivity index (χ0v) is 7.54. The average molecular weight is 209 g/mol. The first-order valence-corrected chi connectivity index (χ1v) is 3.66. The van der Waals surface area contributed by atoms with Crippen LogP contribution in [0, 0.1) is 10.1 Å². The molecule has 82 valence electrons. The van der Waals surface area contributed by atoms with Crippen molar-refractivity contribution in [1.29, 1.82) is 0 Å². The van der Waals surface area contributed by atoms with E-state index in [2.05, 4.69) is 14.3 Å². The highest BCUT2D eigenvalue weighted by atomic mass is 17.0. The molecule has 0 radical (unpaired) electrons. The molecule has 0 spiro atoms. The highest BCUT2D eigenvalue weighted by molar-refractivity contribution is 5.67. The maximum atomic E-state index is 10.0. The Balaban J connectivity index is 3.72. The van der Waals surface area contributed by atoms with Gasteiger partial charge in [-0.25, -0.2) is 4.79 Å². The quantitative estimate of drug-likeness (QED) is 0.416. The number of ether oxygens (including phenoxy) is 2. The second-order valence-electron chi connectivity index (χ2n) is 2.32. The van der Waals surface area contributed by atoms with E-state index < -0.39 is 23.8 Å². The van der Waals surface area contributed by atoms with Crippen molar-refractivity contribution in [1.82, 2.24) is 0 Å². The van der Waals surface area contributed by atoms with Gasteiger partial charge >= 0.3 is 5.97 Å². The summed E-state index contributed by atoms with van der Waals surface area (Å²) in [4.78, 5) is 24.1. The summed E-state index contributed by atoms with van der Waals surface area (Å²) in [5.41, 5.74) is 0. The number of aliphatic carboxylic acids is 1. The first-order valence-electron chi connectivity index (χ1n) is 3.66. The van der Waals surface area contributed by atoms with Crippen LogP contribution >= 0.6 is 0 Å². The zero-order chi connectivity index (χ0) is 11.0. The summed E-state index contributed by atoms with van der Waals surface area (Å²) in [5.74, 6) is -1.15. The van der Waals surface area contributed by atoms with Crippen LogP contribution in [0.2, 0.25) is 0 Å². The van der Waals surface area contributed by atoms with Crippen molar-refractivity contribution >= 4 is 5.97 Å². The first kappa shape index (κ1) is 12.6. The molecule has 0 aromatic heterocycles. The van der Waals surface area contributed by atoms with Crippen LogP contribution in [0.25, 0.3) is 0 Å². The van der Waals surface area contributed by atoms with Gasteiger partial charge in [-0.15, -0.1) is 10.1 Å². The van der Waals surface area contributed by atoms with E-state index in [1.54, 1.807) is 0 Å². The lowest BCUT2D eigenvalue weighted by atomic mass is 10.4. The molecule has 8 nitrogen and oxygen atoms in total. The van der Waals surface area contributed by atoms with Crippen molar-refractivity contribution in [3.8, 4) is 0 Å². The third kappa shape index (κ3) is 7.25. The minimum absolute atomic E-state index is 0.0411. The molecule has 0 aromatic carbocycles. The lowest BCUT2D eigenvalue weighted by Crippen LogP contribution is -2.28. The van der Waals surface area contributed by atoms with E-state index in [0.717, 1.165) is 0 Å². The van der Waals surface area contributed by atoms with E-state index in [0.29, 0.717) is 0 Å². The van der Waals surface area contributed by atoms with Gasteiger partial charge in [0.25, 0.3) is 5.09 Å². The predicted octanol–water partition coefficient (Wildman–Crippen LogP) is -0.689. The molecule has 1 atom stereocenters. The fraction of sp³-hybridized carbons (Fsp3) is 0.833. The maximum absolute atomic E-state index is 10.0. The van der Waals surface area contributed by atoms with Crippen LogP contribution in [-0.4, -0.2) is 49.2 Å². The molecule has 0 bridgehead atoms. The smallest absolute Gasteiger partial charge is 0.329 e. The van der Waals surface area contributed by atoms with E-state index in [4.69, 9.17) is 5.11 Å². The molecule has 0 aliphatic heterocycles. The van der Waals surface area contributed by atoms with Crippen molar-refractivity contribution in [2.45, 2.75) is 6.10 Å². The Labute approximate surface area is 79.5 Å². The molecular weight excluding hydrogens is 198 g/mol. The minimum Gasteiger partial charge on any atom is -0.480 e. The van der Waals surface area contributed by atoms with Gasteiger partial charge in [-0.3, -0.25) is 0 Å². The molecule has 0 aromatic rings. The third-order valence-corrected chi connectivity index (χ3v) is 1.12. The molecule has 0 rings (SSSR count). The predicted molar refractivity (Wildman–Crippen MR) is 42.2 cm³/mol. The Morgan fingerprint density at radius 1 is 1.57 bits per heavy atom. The van der Waals surface area contributed by atoms with Gasteiger partial charge in [0.05, 0.1) is 13.2 Å². The van der Waals surface area contributed by atoms with E-state index >= 15 is 0 Å². The molecular formula is C6H11NO7. The lowest BCUT2D eigenvalue weighted by Gasteiger charge is -2.12. The topological polar surface area (TPSA) is 108 Å². The summed E-state index contributed by atoms with van der Waals surface area (Å²) in [7, 11) is 1.34. The van der Waals surface area contributed by atoms with Gasteiger partial charge in [-0.1, -0.05) is 0 Å². The van der Waals surface area contributed by atoms with Crippen molar-refractivity contribution < 1.29 is 29.3 Å². The molecule has 0 saturated carbocycles. The highest BCUT2D eigenvalue weighted by Gasteiger charge is 2.13. The fourth-order valence-corrected chi connectivity index (χ4v) is 0.694. The third-order valence-electron chi connectivity index (χ3n) is 1.12. The Morgan fingerprint density at radius 2 is 2.21 bits per heavy atom. The van der Waals surface area contributed by atoms with Crippen LogP contribution in [0.4, 0.5) is 0 Å². The standard InChI is InChI=1S/C6H11NO7/c1-12-2-5(14-7(10)11)3-13-4-6(8)9/h5H,2-4H2,1H3,(H,8,9)/t5-/m1/s1. The summed E-state index contributed by atoms with van der Waals surface area (Å²) in [6.07, 6.45) is -0.908. The maximum Gasteiger partial charge on any atom is 0.329 e. The van der Waals surface area contributed by atoms with Crippen molar-refractivity contribution in [2.75, 3.05) is 26.9 Å². The van der Waals surface area contributed by atoms with E-state index in [-0.39, 0.29) is 13.2 Å².